The van der Waals surface area contributed by atoms with Crippen molar-refractivity contribution in [1.82, 2.24) is 10.3 Å². The summed E-state index contributed by atoms with van der Waals surface area (Å²) in [6.07, 6.45) is 1.60. The van der Waals surface area contributed by atoms with E-state index in [9.17, 15) is 4.79 Å². The molecule has 0 fully saturated rings. The van der Waals surface area contributed by atoms with Gasteiger partial charge in [-0.2, -0.15) is 0 Å². The lowest BCUT2D eigenvalue weighted by atomic mass is 10.1. The number of rotatable bonds is 3. The molecule has 0 aliphatic rings. The standard InChI is InChI=1S/C16H16N2O2/c1-10-5-3-7-13-14(10)15(11(2)18-13)16(19)17-9-12-6-4-8-20-12/h3-8,18H,9H2,1-2H3,(H,17,19). The van der Waals surface area contributed by atoms with E-state index in [0.717, 1.165) is 27.9 Å². The van der Waals surface area contributed by atoms with Gasteiger partial charge in [-0.3, -0.25) is 4.79 Å². The van der Waals surface area contributed by atoms with Gasteiger partial charge >= 0.3 is 0 Å². The maximum atomic E-state index is 12.4. The molecule has 0 aliphatic heterocycles. The number of aromatic amines is 1. The van der Waals surface area contributed by atoms with Crippen LogP contribution in [0.15, 0.2) is 41.0 Å². The Morgan fingerprint density at radius 1 is 1.25 bits per heavy atom. The first-order valence-electron chi connectivity index (χ1n) is 6.55. The molecule has 0 spiro atoms. The smallest absolute Gasteiger partial charge is 0.254 e. The van der Waals surface area contributed by atoms with E-state index < -0.39 is 0 Å². The summed E-state index contributed by atoms with van der Waals surface area (Å²) in [7, 11) is 0. The van der Waals surface area contributed by atoms with Gasteiger partial charge in [0.25, 0.3) is 5.91 Å². The Bertz CT molecular complexity index is 754. The van der Waals surface area contributed by atoms with Crippen LogP contribution >= 0.6 is 0 Å². The van der Waals surface area contributed by atoms with E-state index in [-0.39, 0.29) is 5.91 Å². The molecule has 3 rings (SSSR count). The average molecular weight is 268 g/mol. The number of hydrogen-bond acceptors (Lipinski definition) is 2. The van der Waals surface area contributed by atoms with Crippen LogP contribution in [0.2, 0.25) is 0 Å². The Hall–Kier alpha value is -2.49. The predicted octanol–water partition coefficient (Wildman–Crippen LogP) is 3.31. The average Bonchev–Trinajstić information content (AvgIpc) is 3.03. The minimum Gasteiger partial charge on any atom is -0.467 e. The summed E-state index contributed by atoms with van der Waals surface area (Å²) in [4.78, 5) is 15.7. The summed E-state index contributed by atoms with van der Waals surface area (Å²) < 4.78 is 5.22. The third-order valence-electron chi connectivity index (χ3n) is 3.45. The predicted molar refractivity (Wildman–Crippen MR) is 77.7 cm³/mol. The van der Waals surface area contributed by atoms with Crippen LogP contribution in [0.5, 0.6) is 0 Å². The number of nitrogens with one attached hydrogen (secondary N) is 2. The van der Waals surface area contributed by atoms with Crippen LogP contribution in [0, 0.1) is 13.8 Å². The van der Waals surface area contributed by atoms with E-state index in [1.807, 2.05) is 44.2 Å². The first kappa shape index (κ1) is 12.5. The first-order valence-corrected chi connectivity index (χ1v) is 6.55. The Morgan fingerprint density at radius 2 is 2.10 bits per heavy atom. The lowest BCUT2D eigenvalue weighted by molar-refractivity contribution is 0.0949. The van der Waals surface area contributed by atoms with E-state index in [1.165, 1.54) is 0 Å². The zero-order valence-electron chi connectivity index (χ0n) is 11.5. The van der Waals surface area contributed by atoms with E-state index in [0.29, 0.717) is 12.1 Å². The largest absolute Gasteiger partial charge is 0.467 e. The molecule has 102 valence electrons. The highest BCUT2D eigenvalue weighted by Gasteiger charge is 2.17. The van der Waals surface area contributed by atoms with Gasteiger partial charge < -0.3 is 14.7 Å². The van der Waals surface area contributed by atoms with Crippen molar-refractivity contribution in [3.05, 3.63) is 59.2 Å². The maximum absolute atomic E-state index is 12.4. The summed E-state index contributed by atoms with van der Waals surface area (Å²) in [6, 6.07) is 9.63. The van der Waals surface area contributed by atoms with Gasteiger partial charge in [-0.15, -0.1) is 0 Å². The van der Waals surface area contributed by atoms with Crippen molar-refractivity contribution in [2.45, 2.75) is 20.4 Å². The van der Waals surface area contributed by atoms with E-state index in [4.69, 9.17) is 4.42 Å². The van der Waals surface area contributed by atoms with E-state index in [2.05, 4.69) is 10.3 Å². The first-order chi connectivity index (χ1) is 9.66. The number of hydrogen-bond donors (Lipinski definition) is 2. The monoisotopic (exact) mass is 268 g/mol. The maximum Gasteiger partial charge on any atom is 0.254 e. The summed E-state index contributed by atoms with van der Waals surface area (Å²) in [5.41, 5.74) is 3.68. The van der Waals surface area contributed by atoms with E-state index in [1.54, 1.807) is 6.26 Å². The van der Waals surface area contributed by atoms with Gasteiger partial charge in [0.05, 0.1) is 18.4 Å². The van der Waals surface area contributed by atoms with Gasteiger partial charge in [0.15, 0.2) is 0 Å². The molecule has 2 N–H and O–H groups in total. The molecule has 0 atom stereocenters. The number of aryl methyl sites for hydroxylation is 2. The fraction of sp³-hybridized carbons (Fsp3) is 0.188. The normalized spacial score (nSPS) is 10.9. The molecule has 3 aromatic rings. The Morgan fingerprint density at radius 3 is 2.85 bits per heavy atom. The highest BCUT2D eigenvalue weighted by molar-refractivity contribution is 6.09. The lowest BCUT2D eigenvalue weighted by Gasteiger charge is -2.05. The zero-order chi connectivity index (χ0) is 14.1. The van der Waals surface area contributed by atoms with Crippen molar-refractivity contribution >= 4 is 16.8 Å². The quantitative estimate of drug-likeness (QED) is 0.765. The van der Waals surface area contributed by atoms with Crippen LogP contribution in [0.1, 0.15) is 27.4 Å². The Kier molecular flexibility index (Phi) is 3.06. The number of furan rings is 1. The van der Waals surface area contributed by atoms with Crippen LogP contribution in [0.25, 0.3) is 10.9 Å². The second-order valence-corrected chi connectivity index (χ2v) is 4.88. The van der Waals surface area contributed by atoms with Crippen molar-refractivity contribution < 1.29 is 9.21 Å². The molecule has 2 heterocycles. The number of carbonyl (C=O) groups is 1. The van der Waals surface area contributed by atoms with Gasteiger partial charge in [-0.05, 0) is 37.6 Å². The van der Waals surface area contributed by atoms with Crippen LogP contribution in [-0.4, -0.2) is 10.9 Å². The zero-order valence-corrected chi connectivity index (χ0v) is 11.5. The number of aromatic nitrogens is 1. The number of benzene rings is 1. The van der Waals surface area contributed by atoms with Gasteiger partial charge in [0, 0.05) is 16.6 Å². The van der Waals surface area contributed by atoms with Crippen LogP contribution in [-0.2, 0) is 6.54 Å². The summed E-state index contributed by atoms with van der Waals surface area (Å²) in [5.74, 6) is 0.659. The summed E-state index contributed by atoms with van der Waals surface area (Å²) in [5, 5.41) is 3.88. The molecular weight excluding hydrogens is 252 g/mol. The molecule has 2 aromatic heterocycles. The molecule has 0 aliphatic carbocycles. The number of fused-ring (bicyclic) bond motifs is 1. The summed E-state index contributed by atoms with van der Waals surface area (Å²) >= 11 is 0. The van der Waals surface area contributed by atoms with Crippen LogP contribution in [0.3, 0.4) is 0 Å². The minimum absolute atomic E-state index is 0.0838. The Balaban J connectivity index is 1.93. The molecule has 0 unspecified atom stereocenters. The van der Waals surface area contributed by atoms with Crippen molar-refractivity contribution in [3.8, 4) is 0 Å². The van der Waals surface area contributed by atoms with Crippen LogP contribution in [0.4, 0.5) is 0 Å². The van der Waals surface area contributed by atoms with Crippen molar-refractivity contribution in [2.75, 3.05) is 0 Å². The third-order valence-corrected chi connectivity index (χ3v) is 3.45. The molecular formula is C16H16N2O2. The molecule has 0 bridgehead atoms. The minimum atomic E-state index is -0.0838. The molecule has 0 saturated heterocycles. The third kappa shape index (κ3) is 2.09. The van der Waals surface area contributed by atoms with Crippen LogP contribution < -0.4 is 5.32 Å². The lowest BCUT2D eigenvalue weighted by Crippen LogP contribution is -2.23. The van der Waals surface area contributed by atoms with Crippen molar-refractivity contribution in [1.29, 1.82) is 0 Å². The topological polar surface area (TPSA) is 58.0 Å². The van der Waals surface area contributed by atoms with Gasteiger partial charge in [0.1, 0.15) is 5.76 Å². The van der Waals surface area contributed by atoms with Gasteiger partial charge in [0.2, 0.25) is 0 Å². The SMILES string of the molecule is Cc1[nH]c2cccc(C)c2c1C(=O)NCc1ccco1. The van der Waals surface area contributed by atoms with Crippen molar-refractivity contribution in [2.24, 2.45) is 0 Å². The Labute approximate surface area is 116 Å². The second-order valence-electron chi connectivity index (χ2n) is 4.88. The fourth-order valence-electron chi connectivity index (χ4n) is 2.51. The molecule has 20 heavy (non-hydrogen) atoms. The second kappa shape index (κ2) is 4.89. The van der Waals surface area contributed by atoms with Crippen molar-refractivity contribution in [3.63, 3.8) is 0 Å². The van der Waals surface area contributed by atoms with Gasteiger partial charge in [-0.25, -0.2) is 0 Å². The molecule has 0 saturated carbocycles. The molecule has 1 aromatic carbocycles. The number of amides is 1. The van der Waals surface area contributed by atoms with Gasteiger partial charge in [-0.1, -0.05) is 12.1 Å². The highest BCUT2D eigenvalue weighted by atomic mass is 16.3. The number of carbonyl (C=O) groups excluding carboxylic acids is 1. The highest BCUT2D eigenvalue weighted by Crippen LogP contribution is 2.25. The molecule has 0 radical (unpaired) electrons. The summed E-state index contributed by atoms with van der Waals surface area (Å²) in [6.45, 7) is 4.32. The molecule has 1 amide bonds. The molecule has 4 nitrogen and oxygen atoms in total. The molecule has 4 heteroatoms. The van der Waals surface area contributed by atoms with E-state index >= 15 is 0 Å². The fourth-order valence-corrected chi connectivity index (χ4v) is 2.51. The number of H-pyrrole nitrogens is 1.